The molecule has 0 radical (unpaired) electrons. The van der Waals surface area contributed by atoms with Crippen molar-refractivity contribution >= 4 is 28.3 Å². The fraction of sp³-hybridized carbons (Fsp3) is 0.583. The molecule has 110 valence electrons. The molecule has 1 aromatic rings. The van der Waals surface area contributed by atoms with Crippen LogP contribution in [0.25, 0.3) is 0 Å². The van der Waals surface area contributed by atoms with Gasteiger partial charge in [0.2, 0.25) is 11.8 Å². The molecule has 3 N–H and O–H groups in total. The largest absolute Gasteiger partial charge is 0.358 e. The average molecular weight is 297 g/mol. The number of hydrogen-bond donors (Lipinski definition) is 3. The minimum Gasteiger partial charge on any atom is -0.358 e. The number of nitrogens with one attached hydrogen (secondary N) is 3. The minimum absolute atomic E-state index is 0.00881. The summed E-state index contributed by atoms with van der Waals surface area (Å²) in [6.07, 6.45) is 0. The first-order valence-corrected chi connectivity index (χ1v) is 7.36. The molecule has 2 rings (SSSR count). The number of carbonyl (C=O) groups is 2. The van der Waals surface area contributed by atoms with Crippen molar-refractivity contribution in [3.05, 3.63) is 11.1 Å². The molecule has 2 amide bonds. The lowest BCUT2D eigenvalue weighted by molar-refractivity contribution is -0.126. The number of anilines is 1. The van der Waals surface area contributed by atoms with Crippen molar-refractivity contribution < 1.29 is 9.59 Å². The molecule has 1 aliphatic heterocycles. The molecule has 20 heavy (non-hydrogen) atoms. The summed E-state index contributed by atoms with van der Waals surface area (Å²) in [4.78, 5) is 29.3. The van der Waals surface area contributed by atoms with Gasteiger partial charge in [0.1, 0.15) is 6.04 Å². The van der Waals surface area contributed by atoms with E-state index in [0.717, 1.165) is 18.8 Å². The van der Waals surface area contributed by atoms with Gasteiger partial charge in [0, 0.05) is 45.5 Å². The molecule has 0 aliphatic carbocycles. The van der Waals surface area contributed by atoms with Crippen molar-refractivity contribution in [2.75, 3.05) is 32.0 Å². The number of nitrogens with zero attached hydrogens (tertiary/aromatic N) is 2. The van der Waals surface area contributed by atoms with Crippen molar-refractivity contribution in [3.8, 4) is 0 Å². The minimum atomic E-state index is -0.181. The maximum Gasteiger partial charge on any atom is 0.238 e. The summed E-state index contributed by atoms with van der Waals surface area (Å²) in [5.74, 6) is -0.120. The Morgan fingerprint density at radius 3 is 3.10 bits per heavy atom. The summed E-state index contributed by atoms with van der Waals surface area (Å²) in [6, 6.07) is -0.181. The summed E-state index contributed by atoms with van der Waals surface area (Å²) < 4.78 is 0. The van der Waals surface area contributed by atoms with Crippen LogP contribution in [-0.4, -0.2) is 54.4 Å². The topological polar surface area (TPSA) is 86.4 Å². The van der Waals surface area contributed by atoms with E-state index in [0.29, 0.717) is 18.2 Å². The summed E-state index contributed by atoms with van der Waals surface area (Å²) in [7, 11) is 1.65. The van der Waals surface area contributed by atoms with Gasteiger partial charge >= 0.3 is 0 Å². The zero-order chi connectivity index (χ0) is 14.5. The van der Waals surface area contributed by atoms with Crippen LogP contribution in [0.3, 0.4) is 0 Å². The van der Waals surface area contributed by atoms with E-state index >= 15 is 0 Å². The Kier molecular flexibility index (Phi) is 5.05. The SMILES string of the molecule is CNC(=O)C1CNCCN1Cc1csc(NC(C)=O)n1. The van der Waals surface area contributed by atoms with Gasteiger partial charge in [-0.1, -0.05) is 0 Å². The van der Waals surface area contributed by atoms with E-state index in [9.17, 15) is 9.59 Å². The molecule has 1 atom stereocenters. The van der Waals surface area contributed by atoms with Gasteiger partial charge in [-0.3, -0.25) is 14.5 Å². The molecule has 2 heterocycles. The highest BCUT2D eigenvalue weighted by Crippen LogP contribution is 2.18. The second-order valence-electron chi connectivity index (χ2n) is 4.63. The Hall–Kier alpha value is -1.51. The fourth-order valence-corrected chi connectivity index (χ4v) is 2.90. The third-order valence-electron chi connectivity index (χ3n) is 3.10. The molecule has 1 aliphatic rings. The van der Waals surface area contributed by atoms with E-state index in [-0.39, 0.29) is 17.9 Å². The lowest BCUT2D eigenvalue weighted by atomic mass is 10.1. The zero-order valence-electron chi connectivity index (χ0n) is 11.6. The molecular weight excluding hydrogens is 278 g/mol. The van der Waals surface area contributed by atoms with Crippen molar-refractivity contribution in [1.29, 1.82) is 0 Å². The zero-order valence-corrected chi connectivity index (χ0v) is 12.4. The van der Waals surface area contributed by atoms with Crippen molar-refractivity contribution in [2.24, 2.45) is 0 Å². The Bertz CT molecular complexity index is 490. The number of aromatic nitrogens is 1. The first kappa shape index (κ1) is 14.9. The predicted octanol–water partition coefficient (Wildman–Crippen LogP) is -0.379. The third kappa shape index (κ3) is 3.75. The number of thiazole rings is 1. The van der Waals surface area contributed by atoms with E-state index in [2.05, 4.69) is 25.8 Å². The van der Waals surface area contributed by atoms with Crippen LogP contribution in [0, 0.1) is 0 Å². The van der Waals surface area contributed by atoms with Crippen LogP contribution in [0.4, 0.5) is 5.13 Å². The maximum absolute atomic E-state index is 11.9. The average Bonchev–Trinajstić information content (AvgIpc) is 2.85. The molecule has 1 fully saturated rings. The molecule has 1 aromatic heterocycles. The standard InChI is InChI=1S/C12H19N5O2S/c1-8(18)15-12-16-9(7-20-12)6-17-4-3-14-5-10(17)11(19)13-2/h7,10,14H,3-6H2,1-2H3,(H,13,19)(H,15,16,18). The van der Waals surface area contributed by atoms with Gasteiger partial charge in [-0.05, 0) is 0 Å². The highest BCUT2D eigenvalue weighted by Gasteiger charge is 2.28. The van der Waals surface area contributed by atoms with Gasteiger partial charge in [0.15, 0.2) is 5.13 Å². The second kappa shape index (κ2) is 6.78. The summed E-state index contributed by atoms with van der Waals surface area (Å²) in [6.45, 7) is 4.36. The van der Waals surface area contributed by atoms with Crippen LogP contribution in [0.2, 0.25) is 0 Å². The first-order valence-electron chi connectivity index (χ1n) is 6.48. The summed E-state index contributed by atoms with van der Waals surface area (Å²) >= 11 is 1.40. The van der Waals surface area contributed by atoms with E-state index in [1.807, 2.05) is 5.38 Å². The van der Waals surface area contributed by atoms with Gasteiger partial charge in [0.25, 0.3) is 0 Å². The van der Waals surface area contributed by atoms with E-state index < -0.39 is 0 Å². The Balaban J connectivity index is 2.01. The van der Waals surface area contributed by atoms with Crippen molar-refractivity contribution in [2.45, 2.75) is 19.5 Å². The molecule has 1 unspecified atom stereocenters. The smallest absolute Gasteiger partial charge is 0.238 e. The van der Waals surface area contributed by atoms with Gasteiger partial charge in [-0.25, -0.2) is 4.98 Å². The summed E-state index contributed by atoms with van der Waals surface area (Å²) in [5.41, 5.74) is 0.870. The number of rotatable bonds is 4. The predicted molar refractivity (Wildman–Crippen MR) is 77.6 cm³/mol. The second-order valence-corrected chi connectivity index (χ2v) is 5.49. The normalized spacial score (nSPS) is 19.6. The van der Waals surface area contributed by atoms with Gasteiger partial charge in [-0.15, -0.1) is 11.3 Å². The number of amides is 2. The number of piperazine rings is 1. The van der Waals surface area contributed by atoms with Crippen LogP contribution in [0.5, 0.6) is 0 Å². The molecule has 0 spiro atoms. The van der Waals surface area contributed by atoms with Crippen LogP contribution in [0.15, 0.2) is 5.38 Å². The lowest BCUT2D eigenvalue weighted by Crippen LogP contribution is -2.56. The Morgan fingerprint density at radius 1 is 1.60 bits per heavy atom. The Morgan fingerprint density at radius 2 is 2.40 bits per heavy atom. The molecular formula is C12H19N5O2S. The molecule has 8 heteroatoms. The molecule has 0 saturated carbocycles. The number of likely N-dealkylation sites (N-methyl/N-ethyl adjacent to an activating group) is 1. The van der Waals surface area contributed by atoms with Crippen molar-refractivity contribution in [3.63, 3.8) is 0 Å². The van der Waals surface area contributed by atoms with Gasteiger partial charge in [-0.2, -0.15) is 0 Å². The summed E-state index contributed by atoms with van der Waals surface area (Å²) in [5, 5.41) is 11.1. The third-order valence-corrected chi connectivity index (χ3v) is 3.91. The lowest BCUT2D eigenvalue weighted by Gasteiger charge is -2.34. The van der Waals surface area contributed by atoms with Gasteiger partial charge < -0.3 is 16.0 Å². The molecule has 7 nitrogen and oxygen atoms in total. The fourth-order valence-electron chi connectivity index (χ4n) is 2.16. The van der Waals surface area contributed by atoms with Gasteiger partial charge in [0.05, 0.1) is 5.69 Å². The van der Waals surface area contributed by atoms with Crippen LogP contribution in [-0.2, 0) is 16.1 Å². The Labute approximate surface area is 121 Å². The molecule has 0 aromatic carbocycles. The van der Waals surface area contributed by atoms with Crippen LogP contribution < -0.4 is 16.0 Å². The maximum atomic E-state index is 11.9. The number of hydrogen-bond acceptors (Lipinski definition) is 6. The van der Waals surface area contributed by atoms with E-state index in [4.69, 9.17) is 0 Å². The monoisotopic (exact) mass is 297 g/mol. The van der Waals surface area contributed by atoms with E-state index in [1.165, 1.54) is 18.3 Å². The quantitative estimate of drug-likeness (QED) is 0.705. The first-order chi connectivity index (χ1) is 9.60. The molecule has 0 bridgehead atoms. The van der Waals surface area contributed by atoms with Crippen LogP contribution >= 0.6 is 11.3 Å². The highest BCUT2D eigenvalue weighted by atomic mass is 32.1. The number of carbonyl (C=O) groups excluding carboxylic acids is 2. The molecule has 1 saturated heterocycles. The van der Waals surface area contributed by atoms with Crippen LogP contribution in [0.1, 0.15) is 12.6 Å². The van der Waals surface area contributed by atoms with E-state index in [1.54, 1.807) is 7.05 Å². The van der Waals surface area contributed by atoms with Crippen molar-refractivity contribution in [1.82, 2.24) is 20.5 Å². The highest BCUT2D eigenvalue weighted by molar-refractivity contribution is 7.13.